The average Bonchev–Trinajstić information content (AvgIpc) is 3.71. The zero-order valence-corrected chi connectivity index (χ0v) is 21.7. The molecule has 2 bridgehead atoms. The van der Waals surface area contributed by atoms with Crippen LogP contribution in [0.3, 0.4) is 0 Å². The number of ketones is 1. The third kappa shape index (κ3) is 3.82. The van der Waals surface area contributed by atoms with Crippen molar-refractivity contribution in [2.75, 3.05) is 5.73 Å². The monoisotopic (exact) mass is 534 g/mol. The minimum atomic E-state index is -0.165. The molecule has 3 atom stereocenters. The van der Waals surface area contributed by atoms with Crippen molar-refractivity contribution in [2.45, 2.75) is 50.6 Å². The Morgan fingerprint density at radius 3 is 2.38 bits per heavy atom. The lowest BCUT2D eigenvalue weighted by atomic mass is 9.85. The van der Waals surface area contributed by atoms with Gasteiger partial charge in [0.1, 0.15) is 12.1 Å². The first-order chi connectivity index (χ1) is 19.5. The maximum absolute atomic E-state index is 13.1. The van der Waals surface area contributed by atoms with Crippen LogP contribution >= 0.6 is 0 Å². The number of carbonyl (C=O) groups excluding carboxylic acids is 2. The van der Waals surface area contributed by atoms with Gasteiger partial charge in [-0.1, -0.05) is 30.3 Å². The van der Waals surface area contributed by atoms with E-state index in [-0.39, 0.29) is 41.3 Å². The number of H-pyrrole nitrogens is 1. The van der Waals surface area contributed by atoms with Gasteiger partial charge >= 0.3 is 0 Å². The Bertz CT molecular complexity index is 1720. The molecule has 2 aliphatic heterocycles. The first-order valence-electron chi connectivity index (χ1n) is 13.2. The molecule has 0 spiro atoms. The number of nitrogens with zero attached hydrogens (tertiary/aromatic N) is 8. The molecule has 12 heteroatoms. The first-order valence-corrected chi connectivity index (χ1v) is 13.2. The molecule has 7 rings (SSSR count). The Morgan fingerprint density at radius 1 is 1.00 bits per heavy atom. The van der Waals surface area contributed by atoms with Crippen LogP contribution in [0.1, 0.15) is 65.2 Å². The van der Waals surface area contributed by atoms with Crippen molar-refractivity contribution in [3.63, 3.8) is 0 Å². The van der Waals surface area contributed by atoms with E-state index < -0.39 is 0 Å². The molecule has 6 heterocycles. The van der Waals surface area contributed by atoms with Crippen molar-refractivity contribution in [1.82, 2.24) is 44.6 Å². The van der Waals surface area contributed by atoms with Crippen molar-refractivity contribution in [1.29, 1.82) is 0 Å². The highest BCUT2D eigenvalue weighted by Gasteiger charge is 2.45. The number of anilines is 1. The number of amides is 1. The van der Waals surface area contributed by atoms with Gasteiger partial charge in [-0.3, -0.25) is 9.59 Å². The minimum Gasteiger partial charge on any atom is -0.383 e. The van der Waals surface area contributed by atoms with E-state index in [0.717, 1.165) is 29.5 Å². The number of hydrogen-bond acceptors (Lipinski definition) is 9. The van der Waals surface area contributed by atoms with Crippen LogP contribution in [0, 0.1) is 0 Å². The van der Waals surface area contributed by atoms with Gasteiger partial charge in [-0.15, -0.1) is 10.2 Å². The Morgan fingerprint density at radius 2 is 1.73 bits per heavy atom. The third-order valence-corrected chi connectivity index (χ3v) is 8.03. The molecule has 1 aromatic carbocycles. The zero-order chi connectivity index (χ0) is 27.4. The molecule has 5 aromatic rings. The van der Waals surface area contributed by atoms with Crippen molar-refractivity contribution in [3.05, 3.63) is 72.3 Å². The molecule has 4 aromatic heterocycles. The third-order valence-electron chi connectivity index (χ3n) is 8.03. The van der Waals surface area contributed by atoms with E-state index in [9.17, 15) is 9.59 Å². The molecule has 200 valence electrons. The average molecular weight is 535 g/mol. The predicted octanol–water partition coefficient (Wildman–Crippen LogP) is 3.31. The van der Waals surface area contributed by atoms with E-state index in [4.69, 9.17) is 10.7 Å². The summed E-state index contributed by atoms with van der Waals surface area (Å²) in [7, 11) is 0. The molecule has 2 aliphatic rings. The lowest BCUT2D eigenvalue weighted by molar-refractivity contribution is 0.0556. The summed E-state index contributed by atoms with van der Waals surface area (Å²) in [6.07, 6.45) is 9.71. The van der Waals surface area contributed by atoms with Crippen LogP contribution in [0.4, 0.5) is 5.82 Å². The summed E-state index contributed by atoms with van der Waals surface area (Å²) in [6, 6.07) is 9.79. The van der Waals surface area contributed by atoms with Gasteiger partial charge in [0.05, 0.1) is 17.5 Å². The summed E-state index contributed by atoms with van der Waals surface area (Å²) in [5.74, 6) is 0.773. The molecule has 12 nitrogen and oxygen atoms in total. The highest BCUT2D eigenvalue weighted by molar-refractivity contribution is 6.00. The topological polar surface area (TPSA) is 161 Å². The predicted molar refractivity (Wildman–Crippen MR) is 145 cm³/mol. The van der Waals surface area contributed by atoms with Crippen LogP contribution in [0.5, 0.6) is 0 Å². The number of nitrogens with two attached hydrogens (primary N) is 1. The van der Waals surface area contributed by atoms with Crippen LogP contribution in [-0.2, 0) is 0 Å². The van der Waals surface area contributed by atoms with Crippen LogP contribution in [0.15, 0.2) is 55.2 Å². The fourth-order valence-corrected chi connectivity index (χ4v) is 6.26. The van der Waals surface area contributed by atoms with E-state index >= 15 is 0 Å². The standard InChI is InChI=1S/C28H26N10O2/c1-15(39)22-23(17-9-19-7-8-20(10-17)37(19)28(40)26-32-14-33-36-26)35-27-21(13-34-38(27)24(22)29)18-11-30-25(31-12-18)16-5-3-2-4-6-16/h2-6,11-14,17,19-20H,7-10,29H2,1H3,(H,32,33,36)/t17-,19+,20-. The number of piperidine rings is 1. The van der Waals surface area contributed by atoms with Crippen molar-refractivity contribution < 1.29 is 9.59 Å². The Balaban J connectivity index is 1.26. The fourth-order valence-electron chi connectivity index (χ4n) is 6.26. The maximum atomic E-state index is 13.1. The van der Waals surface area contributed by atoms with Gasteiger partial charge in [0.25, 0.3) is 5.91 Å². The molecule has 0 saturated carbocycles. The molecule has 2 fully saturated rings. The Kier molecular flexibility index (Phi) is 5.61. The number of hydrogen-bond donors (Lipinski definition) is 2. The summed E-state index contributed by atoms with van der Waals surface area (Å²) >= 11 is 0. The number of Topliss-reactive ketones (excluding diaryl/α,β-unsaturated/α-hetero) is 1. The van der Waals surface area contributed by atoms with Crippen LogP contribution in [0.25, 0.3) is 28.2 Å². The number of benzene rings is 1. The van der Waals surface area contributed by atoms with Gasteiger partial charge in [0, 0.05) is 47.1 Å². The number of aromatic amines is 1. The number of nitrogen functional groups attached to an aromatic ring is 1. The van der Waals surface area contributed by atoms with Gasteiger partial charge in [-0.2, -0.15) is 9.61 Å². The minimum absolute atomic E-state index is 0.0173. The van der Waals surface area contributed by atoms with Gasteiger partial charge < -0.3 is 15.6 Å². The molecule has 0 unspecified atom stereocenters. The highest BCUT2D eigenvalue weighted by atomic mass is 16.2. The lowest BCUT2D eigenvalue weighted by Gasteiger charge is -2.38. The normalized spacial score (nSPS) is 20.2. The summed E-state index contributed by atoms with van der Waals surface area (Å²) in [4.78, 5) is 44.9. The van der Waals surface area contributed by atoms with Crippen molar-refractivity contribution in [2.24, 2.45) is 0 Å². The first kappa shape index (κ1) is 24.1. The summed E-state index contributed by atoms with van der Waals surface area (Å²) in [6.45, 7) is 1.50. The second kappa shape index (κ2) is 9.33. The van der Waals surface area contributed by atoms with Crippen molar-refractivity contribution >= 4 is 23.2 Å². The number of carbonyl (C=O) groups is 2. The maximum Gasteiger partial charge on any atom is 0.292 e. The molecule has 0 aliphatic carbocycles. The largest absolute Gasteiger partial charge is 0.383 e. The van der Waals surface area contributed by atoms with Gasteiger partial charge in [0.2, 0.25) is 5.82 Å². The van der Waals surface area contributed by atoms with E-state index in [1.54, 1.807) is 18.6 Å². The zero-order valence-electron chi connectivity index (χ0n) is 21.7. The van der Waals surface area contributed by atoms with Gasteiger partial charge in [-0.25, -0.2) is 15.0 Å². The number of aromatic nitrogens is 8. The van der Waals surface area contributed by atoms with E-state index in [1.807, 2.05) is 35.2 Å². The number of nitrogens with one attached hydrogen (secondary N) is 1. The SMILES string of the molecule is CC(=O)c1c([C@H]2C[C@H]3CC[C@@H](C2)N3C(=O)c2nnc[nH]2)nc2c(-c3cnc(-c4ccccc4)nc3)cnn2c1N. The molecule has 2 saturated heterocycles. The Hall–Kier alpha value is -5.00. The fraction of sp³-hybridized carbons (Fsp3) is 0.286. The molecule has 0 radical (unpaired) electrons. The lowest BCUT2D eigenvalue weighted by Crippen LogP contribution is -2.46. The van der Waals surface area contributed by atoms with E-state index in [2.05, 4.69) is 30.2 Å². The molecular weight excluding hydrogens is 508 g/mol. The van der Waals surface area contributed by atoms with Crippen LogP contribution in [0.2, 0.25) is 0 Å². The second-order valence-corrected chi connectivity index (χ2v) is 10.4. The van der Waals surface area contributed by atoms with Crippen molar-refractivity contribution in [3.8, 4) is 22.5 Å². The summed E-state index contributed by atoms with van der Waals surface area (Å²) < 4.78 is 1.51. The van der Waals surface area contributed by atoms with E-state index in [1.165, 1.54) is 17.8 Å². The number of fused-ring (bicyclic) bond motifs is 3. The second-order valence-electron chi connectivity index (χ2n) is 10.4. The van der Waals surface area contributed by atoms with E-state index in [0.29, 0.717) is 35.6 Å². The highest BCUT2D eigenvalue weighted by Crippen LogP contribution is 2.45. The molecule has 1 amide bonds. The van der Waals surface area contributed by atoms with Gasteiger partial charge in [-0.05, 0) is 32.6 Å². The van der Waals surface area contributed by atoms with Crippen LogP contribution < -0.4 is 5.73 Å². The molecular formula is C28H26N10O2. The van der Waals surface area contributed by atoms with Crippen LogP contribution in [-0.4, -0.2) is 68.4 Å². The summed E-state index contributed by atoms with van der Waals surface area (Å²) in [5, 5.41) is 12.1. The smallest absolute Gasteiger partial charge is 0.292 e. The quantitative estimate of drug-likeness (QED) is 0.322. The molecule has 3 N–H and O–H groups in total. The Labute approximate surface area is 228 Å². The van der Waals surface area contributed by atoms with Gasteiger partial charge in [0.15, 0.2) is 17.3 Å². The summed E-state index contributed by atoms with van der Waals surface area (Å²) in [5.41, 5.74) is 10.5. The molecule has 40 heavy (non-hydrogen) atoms. The number of rotatable bonds is 5.